The Morgan fingerprint density at radius 2 is 1.59 bits per heavy atom. The van der Waals surface area contributed by atoms with Crippen LogP contribution in [0.5, 0.6) is 0 Å². The van der Waals surface area contributed by atoms with Crippen LogP contribution in [0.1, 0.15) is 0 Å². The zero-order chi connectivity index (χ0) is 15.7. The number of alkyl halides is 3. The Balaban J connectivity index is 2.18. The van der Waals surface area contributed by atoms with E-state index in [1.165, 1.54) is 24.3 Å². The first kappa shape index (κ1) is 14.8. The third-order valence-electron chi connectivity index (χ3n) is 3.06. The van der Waals surface area contributed by atoms with Crippen LogP contribution in [0.2, 0.25) is 0 Å². The number of pyridine rings is 1. The van der Waals surface area contributed by atoms with E-state index in [-0.39, 0.29) is 16.8 Å². The minimum absolute atomic E-state index is 0.107. The molecule has 0 unspecified atom stereocenters. The lowest BCUT2D eigenvalue weighted by atomic mass is 10.1. The fourth-order valence-electron chi connectivity index (χ4n) is 2.12. The molecule has 2 aromatic carbocycles. The molecule has 0 aliphatic rings. The van der Waals surface area contributed by atoms with E-state index in [1.54, 1.807) is 30.3 Å². The van der Waals surface area contributed by atoms with Crippen LogP contribution in [-0.4, -0.2) is 10.5 Å². The largest absolute Gasteiger partial charge is 0.447 e. The maximum Gasteiger partial charge on any atom is 0.447 e. The van der Waals surface area contributed by atoms with Gasteiger partial charge in [0.05, 0.1) is 5.69 Å². The quantitative estimate of drug-likeness (QED) is 0.446. The Hall–Kier alpha value is -2.08. The van der Waals surface area contributed by atoms with Crippen LogP contribution in [0.4, 0.5) is 17.6 Å². The van der Waals surface area contributed by atoms with Gasteiger partial charge in [0, 0.05) is 22.7 Å². The second kappa shape index (κ2) is 5.61. The molecule has 0 saturated heterocycles. The number of fused-ring (bicyclic) bond motifs is 1. The normalized spacial score (nSPS) is 11.8. The van der Waals surface area contributed by atoms with E-state index in [1.807, 2.05) is 0 Å². The van der Waals surface area contributed by atoms with Crippen molar-refractivity contribution < 1.29 is 17.6 Å². The van der Waals surface area contributed by atoms with Gasteiger partial charge in [-0.2, -0.15) is 13.2 Å². The molecule has 0 bridgehead atoms. The summed E-state index contributed by atoms with van der Waals surface area (Å²) < 4.78 is 51.2. The smallest absolute Gasteiger partial charge is 0.240 e. The Labute approximate surface area is 128 Å². The topological polar surface area (TPSA) is 12.9 Å². The lowest BCUT2D eigenvalue weighted by Crippen LogP contribution is -2.01. The van der Waals surface area contributed by atoms with Crippen molar-refractivity contribution in [1.29, 1.82) is 0 Å². The maximum absolute atomic E-state index is 13.0. The number of hydrogen-bond donors (Lipinski definition) is 0. The van der Waals surface area contributed by atoms with Gasteiger partial charge in [0.1, 0.15) is 10.8 Å². The van der Waals surface area contributed by atoms with Gasteiger partial charge < -0.3 is 0 Å². The van der Waals surface area contributed by atoms with Gasteiger partial charge in [-0.3, -0.25) is 0 Å². The minimum atomic E-state index is -4.42. The van der Waals surface area contributed by atoms with E-state index in [2.05, 4.69) is 4.98 Å². The molecular formula is C16H9F4NS. The first-order chi connectivity index (χ1) is 10.4. The number of aromatic nitrogens is 1. The monoisotopic (exact) mass is 323 g/mol. The summed E-state index contributed by atoms with van der Waals surface area (Å²) in [6.07, 6.45) is 0. The van der Waals surface area contributed by atoms with E-state index >= 15 is 0 Å². The molecule has 0 aliphatic carbocycles. The molecule has 0 atom stereocenters. The molecule has 3 aromatic rings. The summed E-state index contributed by atoms with van der Waals surface area (Å²) >= 11 is -0.243. The summed E-state index contributed by atoms with van der Waals surface area (Å²) in [4.78, 5) is 4.11. The van der Waals surface area contributed by atoms with Crippen molar-refractivity contribution in [2.45, 2.75) is 10.5 Å². The van der Waals surface area contributed by atoms with Crippen LogP contribution >= 0.6 is 11.8 Å². The second-order valence-corrected chi connectivity index (χ2v) is 5.64. The number of hydrogen-bond acceptors (Lipinski definition) is 2. The van der Waals surface area contributed by atoms with E-state index in [4.69, 9.17) is 0 Å². The first-order valence-corrected chi connectivity index (χ1v) is 7.15. The number of nitrogens with zero attached hydrogens (tertiary/aromatic N) is 1. The zero-order valence-electron chi connectivity index (χ0n) is 11.1. The average Bonchev–Trinajstić information content (AvgIpc) is 2.46. The van der Waals surface area contributed by atoms with E-state index in [9.17, 15) is 17.6 Å². The first-order valence-electron chi connectivity index (χ1n) is 6.34. The number of rotatable bonds is 2. The lowest BCUT2D eigenvalue weighted by Gasteiger charge is -2.11. The van der Waals surface area contributed by atoms with Gasteiger partial charge in [-0.1, -0.05) is 24.3 Å². The molecule has 3 rings (SSSR count). The van der Waals surface area contributed by atoms with Crippen molar-refractivity contribution in [3.05, 3.63) is 60.4 Å². The molecule has 112 valence electrons. The highest BCUT2D eigenvalue weighted by Gasteiger charge is 2.31. The standard InChI is InChI=1S/C16H9F4NS/c17-12-7-5-10(6-8-12)14-9-11-3-1-2-4-13(11)15(21-14)22-16(18,19)20/h1-9H. The van der Waals surface area contributed by atoms with Crippen LogP contribution < -0.4 is 0 Å². The third-order valence-corrected chi connectivity index (χ3v) is 3.79. The Bertz CT molecular complexity index is 812. The second-order valence-electron chi connectivity index (χ2n) is 4.59. The minimum Gasteiger partial charge on any atom is -0.240 e. The van der Waals surface area contributed by atoms with E-state index < -0.39 is 11.3 Å². The molecule has 0 fully saturated rings. The lowest BCUT2D eigenvalue weighted by molar-refractivity contribution is -0.0328. The highest BCUT2D eigenvalue weighted by Crippen LogP contribution is 2.40. The fraction of sp³-hybridized carbons (Fsp3) is 0.0625. The van der Waals surface area contributed by atoms with E-state index in [0.717, 1.165) is 0 Å². The van der Waals surface area contributed by atoms with Gasteiger partial charge >= 0.3 is 5.51 Å². The van der Waals surface area contributed by atoms with Gasteiger partial charge in [0.25, 0.3) is 0 Å². The average molecular weight is 323 g/mol. The van der Waals surface area contributed by atoms with Gasteiger partial charge in [0.2, 0.25) is 0 Å². The molecule has 0 N–H and O–H groups in total. The molecule has 1 nitrogen and oxygen atoms in total. The van der Waals surface area contributed by atoms with Gasteiger partial charge in [0.15, 0.2) is 0 Å². The predicted octanol–water partition coefficient (Wildman–Crippen LogP) is 5.65. The van der Waals surface area contributed by atoms with Crippen molar-refractivity contribution >= 4 is 22.5 Å². The van der Waals surface area contributed by atoms with Crippen molar-refractivity contribution in [1.82, 2.24) is 4.98 Å². The predicted molar refractivity (Wildman–Crippen MR) is 79.0 cm³/mol. The van der Waals surface area contributed by atoms with E-state index in [0.29, 0.717) is 22.0 Å². The number of halogens is 4. The molecule has 22 heavy (non-hydrogen) atoms. The SMILES string of the molecule is Fc1ccc(-c2cc3ccccc3c(SC(F)(F)F)n2)cc1. The number of thioether (sulfide) groups is 1. The molecule has 0 aliphatic heterocycles. The molecule has 0 spiro atoms. The molecule has 6 heteroatoms. The van der Waals surface area contributed by atoms with Gasteiger partial charge in [-0.05, 0) is 35.7 Å². The summed E-state index contributed by atoms with van der Waals surface area (Å²) in [6.45, 7) is 0. The van der Waals surface area contributed by atoms with Gasteiger partial charge in [-0.15, -0.1) is 0 Å². The van der Waals surface area contributed by atoms with Crippen LogP contribution in [0, 0.1) is 5.82 Å². The van der Waals surface area contributed by atoms with Crippen molar-refractivity contribution in [2.24, 2.45) is 0 Å². The Morgan fingerprint density at radius 1 is 0.909 bits per heavy atom. The Morgan fingerprint density at radius 3 is 2.27 bits per heavy atom. The van der Waals surface area contributed by atoms with Crippen LogP contribution in [0.15, 0.2) is 59.6 Å². The summed E-state index contributed by atoms with van der Waals surface area (Å²) in [6, 6.07) is 13.9. The summed E-state index contributed by atoms with van der Waals surface area (Å²) in [7, 11) is 0. The molecule has 0 saturated carbocycles. The number of benzene rings is 2. The maximum atomic E-state index is 13.0. The molecule has 0 amide bonds. The fourth-order valence-corrected chi connectivity index (χ4v) is 2.78. The summed E-state index contributed by atoms with van der Waals surface area (Å²) in [5.74, 6) is -0.408. The van der Waals surface area contributed by atoms with Crippen molar-refractivity contribution in [3.63, 3.8) is 0 Å². The highest BCUT2D eigenvalue weighted by atomic mass is 32.2. The molecule has 0 radical (unpaired) electrons. The zero-order valence-corrected chi connectivity index (χ0v) is 11.9. The molecule has 1 heterocycles. The molecule has 1 aromatic heterocycles. The van der Waals surface area contributed by atoms with Crippen LogP contribution in [-0.2, 0) is 0 Å². The highest BCUT2D eigenvalue weighted by molar-refractivity contribution is 8.00. The Kier molecular flexibility index (Phi) is 3.78. The van der Waals surface area contributed by atoms with Gasteiger partial charge in [-0.25, -0.2) is 9.37 Å². The van der Waals surface area contributed by atoms with Crippen molar-refractivity contribution in [2.75, 3.05) is 0 Å². The van der Waals surface area contributed by atoms with Crippen molar-refractivity contribution in [3.8, 4) is 11.3 Å². The summed E-state index contributed by atoms with van der Waals surface area (Å²) in [5.41, 5.74) is -3.47. The summed E-state index contributed by atoms with van der Waals surface area (Å²) in [5, 5.41) is 0.990. The van der Waals surface area contributed by atoms with Crippen LogP contribution in [0.25, 0.3) is 22.0 Å². The molecular weight excluding hydrogens is 314 g/mol. The van der Waals surface area contributed by atoms with Crippen LogP contribution in [0.3, 0.4) is 0 Å². The third kappa shape index (κ3) is 3.22.